The summed E-state index contributed by atoms with van der Waals surface area (Å²) < 4.78 is 5.75. The van der Waals surface area contributed by atoms with Gasteiger partial charge in [-0.25, -0.2) is 0 Å². The van der Waals surface area contributed by atoms with E-state index < -0.39 is 30.0 Å². The van der Waals surface area contributed by atoms with E-state index in [9.17, 15) is 19.5 Å². The molecule has 0 aliphatic rings. The predicted molar refractivity (Wildman–Crippen MR) is 150 cm³/mol. The van der Waals surface area contributed by atoms with Crippen LogP contribution in [-0.2, 0) is 22.6 Å². The van der Waals surface area contributed by atoms with Crippen LogP contribution < -0.4 is 20.7 Å². The molecule has 0 unspecified atom stereocenters. The minimum Gasteiger partial charge on any atom is -0.489 e. The first-order valence-corrected chi connectivity index (χ1v) is 12.9. The highest BCUT2D eigenvalue weighted by Crippen LogP contribution is 2.15. The summed E-state index contributed by atoms with van der Waals surface area (Å²) in [6.45, 7) is 5.64. The Morgan fingerprint density at radius 3 is 2.08 bits per heavy atom. The molecule has 8 nitrogen and oxygen atoms in total. The van der Waals surface area contributed by atoms with Crippen molar-refractivity contribution in [2.75, 3.05) is 6.54 Å². The highest BCUT2D eigenvalue weighted by molar-refractivity contribution is 5.98. The largest absolute Gasteiger partial charge is 0.489 e. The van der Waals surface area contributed by atoms with E-state index in [-0.39, 0.29) is 12.5 Å². The molecular formula is C31H35N3O5. The molecule has 0 radical (unpaired) electrons. The van der Waals surface area contributed by atoms with Gasteiger partial charge in [0, 0.05) is 12.1 Å². The summed E-state index contributed by atoms with van der Waals surface area (Å²) in [5, 5.41) is 18.3. The van der Waals surface area contributed by atoms with Crippen LogP contribution in [0.15, 0.2) is 97.6 Å². The maximum atomic E-state index is 13.1. The molecule has 0 aromatic heterocycles. The molecule has 0 saturated heterocycles. The summed E-state index contributed by atoms with van der Waals surface area (Å²) in [6.07, 6.45) is 1.24. The standard InChI is InChI=1S/C31H35N3O5/c1-3-20-32-30(37)27(19-14-23-10-6-4-7-11-23)33-31(38)28(22(2)35)34-29(36)25-15-17-26(18-16-25)39-21-24-12-8-5-9-13-24/h3-13,15-18,22,27-28,35H,1,14,19-21H2,2H3,(H,32,37)(H,33,38)(H,34,36)/t22-,27+,28+/m1/s1. The fraction of sp³-hybridized carbons (Fsp3) is 0.258. The zero-order chi connectivity index (χ0) is 28.0. The molecule has 3 aromatic rings. The summed E-state index contributed by atoms with van der Waals surface area (Å²) in [5.74, 6) is -0.983. The third-order valence-electron chi connectivity index (χ3n) is 6.03. The van der Waals surface area contributed by atoms with Gasteiger partial charge in [0.25, 0.3) is 5.91 Å². The summed E-state index contributed by atoms with van der Waals surface area (Å²) in [6, 6.07) is 23.7. The Balaban J connectivity index is 1.62. The van der Waals surface area contributed by atoms with Gasteiger partial charge in [-0.05, 0) is 55.2 Å². The maximum Gasteiger partial charge on any atom is 0.252 e. The van der Waals surface area contributed by atoms with Gasteiger partial charge in [-0.2, -0.15) is 0 Å². The Bertz CT molecular complexity index is 1210. The number of aliphatic hydroxyl groups excluding tert-OH is 1. The Labute approximate surface area is 229 Å². The lowest BCUT2D eigenvalue weighted by Crippen LogP contribution is -2.57. The van der Waals surface area contributed by atoms with Crippen LogP contribution in [0.1, 0.15) is 34.8 Å². The van der Waals surface area contributed by atoms with Crippen LogP contribution >= 0.6 is 0 Å². The molecule has 0 saturated carbocycles. The third kappa shape index (κ3) is 9.43. The van der Waals surface area contributed by atoms with E-state index in [0.717, 1.165) is 11.1 Å². The van der Waals surface area contributed by atoms with Gasteiger partial charge in [0.15, 0.2) is 0 Å². The highest BCUT2D eigenvalue weighted by Gasteiger charge is 2.30. The first-order valence-electron chi connectivity index (χ1n) is 12.9. The van der Waals surface area contributed by atoms with Crippen molar-refractivity contribution in [1.82, 2.24) is 16.0 Å². The fourth-order valence-electron chi connectivity index (χ4n) is 3.86. The minimum atomic E-state index is -1.27. The summed E-state index contributed by atoms with van der Waals surface area (Å²) >= 11 is 0. The molecule has 0 aliphatic carbocycles. The van der Waals surface area contributed by atoms with Gasteiger partial charge < -0.3 is 25.8 Å². The quantitative estimate of drug-likeness (QED) is 0.240. The smallest absolute Gasteiger partial charge is 0.252 e. The van der Waals surface area contributed by atoms with Crippen LogP contribution in [0.2, 0.25) is 0 Å². The van der Waals surface area contributed by atoms with E-state index in [4.69, 9.17) is 4.74 Å². The van der Waals surface area contributed by atoms with Crippen molar-refractivity contribution in [2.24, 2.45) is 0 Å². The number of hydrogen-bond donors (Lipinski definition) is 4. The highest BCUT2D eigenvalue weighted by atomic mass is 16.5. The van der Waals surface area contributed by atoms with Crippen molar-refractivity contribution in [3.05, 3.63) is 114 Å². The lowest BCUT2D eigenvalue weighted by atomic mass is 10.0. The Kier molecular flexibility index (Phi) is 11.3. The van der Waals surface area contributed by atoms with E-state index in [2.05, 4.69) is 22.5 Å². The fourth-order valence-corrected chi connectivity index (χ4v) is 3.86. The van der Waals surface area contributed by atoms with Crippen LogP contribution in [0.25, 0.3) is 0 Å². The number of amides is 3. The number of nitrogens with one attached hydrogen (secondary N) is 3. The van der Waals surface area contributed by atoms with Crippen molar-refractivity contribution in [3.8, 4) is 5.75 Å². The van der Waals surface area contributed by atoms with Gasteiger partial charge in [0.2, 0.25) is 11.8 Å². The van der Waals surface area contributed by atoms with Crippen LogP contribution in [0.4, 0.5) is 0 Å². The van der Waals surface area contributed by atoms with Crippen molar-refractivity contribution in [1.29, 1.82) is 0 Å². The molecule has 8 heteroatoms. The van der Waals surface area contributed by atoms with Gasteiger partial charge in [0.05, 0.1) is 6.10 Å². The van der Waals surface area contributed by atoms with Gasteiger partial charge in [-0.3, -0.25) is 14.4 Å². The lowest BCUT2D eigenvalue weighted by Gasteiger charge is -2.24. The van der Waals surface area contributed by atoms with Crippen molar-refractivity contribution in [2.45, 2.75) is 44.6 Å². The molecule has 3 rings (SSSR count). The second-order valence-electron chi connectivity index (χ2n) is 9.11. The second-order valence-corrected chi connectivity index (χ2v) is 9.11. The average molecular weight is 530 g/mol. The van der Waals surface area contributed by atoms with Crippen LogP contribution in [0.5, 0.6) is 5.75 Å². The number of carbonyl (C=O) groups excluding carboxylic acids is 3. The number of carbonyl (C=O) groups is 3. The zero-order valence-electron chi connectivity index (χ0n) is 22.0. The van der Waals surface area contributed by atoms with E-state index in [1.54, 1.807) is 30.3 Å². The van der Waals surface area contributed by atoms with Crippen LogP contribution in [0.3, 0.4) is 0 Å². The van der Waals surface area contributed by atoms with E-state index in [1.165, 1.54) is 6.92 Å². The summed E-state index contributed by atoms with van der Waals surface area (Å²) in [4.78, 5) is 38.7. The molecule has 39 heavy (non-hydrogen) atoms. The molecule has 0 bridgehead atoms. The number of aryl methyl sites for hydroxylation is 1. The molecule has 0 heterocycles. The van der Waals surface area contributed by atoms with Crippen LogP contribution in [0, 0.1) is 0 Å². The molecular weight excluding hydrogens is 494 g/mol. The predicted octanol–water partition coefficient (Wildman–Crippen LogP) is 3.16. The lowest BCUT2D eigenvalue weighted by molar-refractivity contribution is -0.131. The Hall–Kier alpha value is -4.43. The molecule has 204 valence electrons. The molecule has 3 atom stereocenters. The molecule has 3 amide bonds. The first kappa shape index (κ1) is 29.1. The van der Waals surface area contributed by atoms with Gasteiger partial charge in [-0.1, -0.05) is 66.7 Å². The Morgan fingerprint density at radius 1 is 0.872 bits per heavy atom. The summed E-state index contributed by atoms with van der Waals surface area (Å²) in [5.41, 5.74) is 2.33. The number of aliphatic hydroxyl groups is 1. The van der Waals surface area contributed by atoms with Crippen LogP contribution in [-0.4, -0.2) is 47.6 Å². The number of rotatable bonds is 14. The molecule has 3 aromatic carbocycles. The maximum absolute atomic E-state index is 13.1. The van der Waals surface area contributed by atoms with Gasteiger partial charge >= 0.3 is 0 Å². The molecule has 0 spiro atoms. The first-order chi connectivity index (χ1) is 18.9. The van der Waals surface area contributed by atoms with Crippen molar-refractivity contribution >= 4 is 17.7 Å². The van der Waals surface area contributed by atoms with E-state index in [0.29, 0.717) is 30.8 Å². The van der Waals surface area contributed by atoms with Crippen molar-refractivity contribution < 1.29 is 24.2 Å². The Morgan fingerprint density at radius 2 is 1.49 bits per heavy atom. The van der Waals surface area contributed by atoms with Crippen molar-refractivity contribution in [3.63, 3.8) is 0 Å². The second kappa shape index (κ2) is 15.1. The number of hydrogen-bond acceptors (Lipinski definition) is 5. The van der Waals surface area contributed by atoms with E-state index >= 15 is 0 Å². The SMILES string of the molecule is C=CCNC(=O)[C@H](CCc1ccccc1)NC(=O)[C@@H](NC(=O)c1ccc(OCc2ccccc2)cc1)[C@@H](C)O. The minimum absolute atomic E-state index is 0.248. The number of ether oxygens (including phenoxy) is 1. The molecule has 0 fully saturated rings. The average Bonchev–Trinajstić information content (AvgIpc) is 2.96. The molecule has 4 N–H and O–H groups in total. The third-order valence-corrected chi connectivity index (χ3v) is 6.03. The topological polar surface area (TPSA) is 117 Å². The molecule has 0 aliphatic heterocycles. The summed E-state index contributed by atoms with van der Waals surface area (Å²) in [7, 11) is 0. The van der Waals surface area contributed by atoms with Gasteiger partial charge in [0.1, 0.15) is 24.4 Å². The monoisotopic (exact) mass is 529 g/mol. The van der Waals surface area contributed by atoms with E-state index in [1.807, 2.05) is 60.7 Å². The van der Waals surface area contributed by atoms with Gasteiger partial charge in [-0.15, -0.1) is 6.58 Å². The number of benzene rings is 3. The zero-order valence-corrected chi connectivity index (χ0v) is 22.0. The normalized spacial score (nSPS) is 12.9.